The van der Waals surface area contributed by atoms with Gasteiger partial charge in [0.25, 0.3) is 0 Å². The van der Waals surface area contributed by atoms with Crippen LogP contribution in [0, 0.1) is 5.92 Å². The molecule has 4 atom stereocenters. The number of esters is 1. The lowest BCUT2D eigenvalue weighted by Crippen LogP contribution is -2.51. The van der Waals surface area contributed by atoms with Crippen LogP contribution in [-0.4, -0.2) is 75.5 Å². The summed E-state index contributed by atoms with van der Waals surface area (Å²) in [5, 5.41) is 13.9. The van der Waals surface area contributed by atoms with Crippen LogP contribution in [0.5, 0.6) is 5.75 Å². The number of carbonyl (C=O) groups excluding carboxylic acids is 2. The Labute approximate surface area is 224 Å². The number of hydrogen-bond acceptors (Lipinski definition) is 8. The Bertz CT molecular complexity index is 1130. The number of nitrogens with one attached hydrogen (secondary N) is 1. The minimum absolute atomic E-state index is 0.0154. The highest BCUT2D eigenvalue weighted by molar-refractivity contribution is 7.89. The van der Waals surface area contributed by atoms with E-state index in [1.807, 2.05) is 44.2 Å². The molecule has 210 valence electrons. The minimum atomic E-state index is -3.98. The molecule has 2 N–H and O–H groups in total. The second-order valence-corrected chi connectivity index (χ2v) is 11.0. The predicted molar refractivity (Wildman–Crippen MR) is 142 cm³/mol. The van der Waals surface area contributed by atoms with Crippen molar-refractivity contribution in [3.8, 4) is 5.75 Å². The molecule has 1 amide bonds. The largest absolute Gasteiger partial charge is 0.497 e. The maximum absolute atomic E-state index is 13.6. The van der Waals surface area contributed by atoms with Crippen LogP contribution in [0.2, 0.25) is 0 Å². The molecular formula is C27H38N2O8S. The zero-order valence-corrected chi connectivity index (χ0v) is 23.3. The number of methoxy groups -OCH3 is 2. The van der Waals surface area contributed by atoms with Gasteiger partial charge in [-0.15, -0.1) is 0 Å². The van der Waals surface area contributed by atoms with Crippen LogP contribution in [-0.2, 0) is 30.7 Å². The lowest BCUT2D eigenvalue weighted by Gasteiger charge is -2.31. The molecule has 11 heteroatoms. The predicted octanol–water partition coefficient (Wildman–Crippen LogP) is 2.99. The number of carbonyl (C=O) groups is 2. The van der Waals surface area contributed by atoms with Crippen molar-refractivity contribution in [1.29, 1.82) is 0 Å². The van der Waals surface area contributed by atoms with Gasteiger partial charge in [0.15, 0.2) is 6.10 Å². The zero-order valence-electron chi connectivity index (χ0n) is 22.5. The number of ether oxygens (including phenoxy) is 3. The summed E-state index contributed by atoms with van der Waals surface area (Å²) in [6.07, 6.45) is -2.47. The third-order valence-corrected chi connectivity index (χ3v) is 8.03. The van der Waals surface area contributed by atoms with Crippen molar-refractivity contribution in [3.05, 3.63) is 60.2 Å². The molecule has 0 heterocycles. The van der Waals surface area contributed by atoms with Crippen LogP contribution in [0.15, 0.2) is 59.5 Å². The van der Waals surface area contributed by atoms with Crippen molar-refractivity contribution in [2.24, 2.45) is 5.92 Å². The molecule has 0 bridgehead atoms. The van der Waals surface area contributed by atoms with Gasteiger partial charge in [0.2, 0.25) is 10.0 Å². The van der Waals surface area contributed by atoms with Crippen molar-refractivity contribution < 1.29 is 37.3 Å². The van der Waals surface area contributed by atoms with Gasteiger partial charge in [0, 0.05) is 13.1 Å². The number of hydrogen-bond donors (Lipinski definition) is 2. The van der Waals surface area contributed by atoms with Crippen molar-refractivity contribution in [1.82, 2.24) is 9.62 Å². The molecule has 0 aliphatic heterocycles. The number of nitrogens with zero attached hydrogens (tertiary/aromatic N) is 1. The van der Waals surface area contributed by atoms with Gasteiger partial charge >= 0.3 is 12.1 Å². The van der Waals surface area contributed by atoms with Crippen LogP contribution in [0.3, 0.4) is 0 Å². The average molecular weight is 551 g/mol. The molecule has 2 rings (SSSR count). The van der Waals surface area contributed by atoms with Gasteiger partial charge in [-0.25, -0.2) is 18.0 Å². The zero-order chi connectivity index (χ0) is 28.3. The number of sulfonamides is 1. The molecule has 0 aliphatic carbocycles. The highest BCUT2D eigenvalue weighted by Gasteiger charge is 2.32. The van der Waals surface area contributed by atoms with Gasteiger partial charge in [-0.1, -0.05) is 50.6 Å². The van der Waals surface area contributed by atoms with Crippen LogP contribution >= 0.6 is 0 Å². The molecule has 2 aromatic rings. The first-order valence-corrected chi connectivity index (χ1v) is 13.9. The molecule has 0 saturated heterocycles. The standard InChI is InChI=1S/C27H38N2O8S/c1-6-19(2)17-29(38(33,34)23-14-12-22(35-4)13-15-23)18-25(30)24(16-21-10-8-7-9-11-21)28-27(32)37-20(3)26(31)36-5/h7-15,19-20,24-25,30H,6,16-18H2,1-5H3,(H,28,32)/t19-,20+,24-,25+/m0/s1. The summed E-state index contributed by atoms with van der Waals surface area (Å²) in [6.45, 7) is 5.14. The normalized spacial score (nSPS) is 14.7. The van der Waals surface area contributed by atoms with E-state index in [4.69, 9.17) is 9.47 Å². The topological polar surface area (TPSA) is 131 Å². The SMILES string of the molecule is CC[C@H](C)CN(C[C@@H](O)[C@H](Cc1ccccc1)NC(=O)O[C@H](C)C(=O)OC)S(=O)(=O)c1ccc(OC)cc1. The molecule has 0 aromatic heterocycles. The van der Waals surface area contributed by atoms with E-state index in [0.29, 0.717) is 5.75 Å². The second-order valence-electron chi connectivity index (χ2n) is 9.09. The fourth-order valence-electron chi connectivity index (χ4n) is 3.69. The molecule has 0 fully saturated rings. The van der Waals surface area contributed by atoms with Crippen molar-refractivity contribution in [2.45, 2.75) is 56.8 Å². The number of amides is 1. The summed E-state index contributed by atoms with van der Waals surface area (Å²) in [5.41, 5.74) is 0.810. The third-order valence-electron chi connectivity index (χ3n) is 6.18. The first kappa shape index (κ1) is 31.1. The highest BCUT2D eigenvalue weighted by Crippen LogP contribution is 2.22. The third kappa shape index (κ3) is 9.00. The molecular weight excluding hydrogens is 512 g/mol. The molecule has 0 unspecified atom stereocenters. The summed E-state index contributed by atoms with van der Waals surface area (Å²) in [4.78, 5) is 24.3. The van der Waals surface area contributed by atoms with Gasteiger partial charge in [-0.05, 0) is 49.1 Å². The van der Waals surface area contributed by atoms with Gasteiger partial charge < -0.3 is 24.6 Å². The number of aliphatic hydroxyl groups is 1. The van der Waals surface area contributed by atoms with E-state index in [9.17, 15) is 23.1 Å². The lowest BCUT2D eigenvalue weighted by atomic mass is 10.0. The summed E-state index contributed by atoms with van der Waals surface area (Å²) in [5.74, 6) is -0.198. The summed E-state index contributed by atoms with van der Waals surface area (Å²) < 4.78 is 43.2. The number of rotatable bonds is 14. The highest BCUT2D eigenvalue weighted by atomic mass is 32.2. The minimum Gasteiger partial charge on any atom is -0.497 e. The smallest absolute Gasteiger partial charge is 0.408 e. The molecule has 38 heavy (non-hydrogen) atoms. The van der Waals surface area contributed by atoms with Crippen molar-refractivity contribution in [3.63, 3.8) is 0 Å². The van der Waals surface area contributed by atoms with E-state index >= 15 is 0 Å². The fraction of sp³-hybridized carbons (Fsp3) is 0.481. The quantitative estimate of drug-likeness (QED) is 0.343. The Kier molecular flexibility index (Phi) is 12.0. The Morgan fingerprint density at radius 3 is 2.18 bits per heavy atom. The van der Waals surface area contributed by atoms with Crippen LogP contribution in [0.4, 0.5) is 4.79 Å². The van der Waals surface area contributed by atoms with Gasteiger partial charge in [0.1, 0.15) is 5.75 Å². The van der Waals surface area contributed by atoms with E-state index in [2.05, 4.69) is 10.1 Å². The van der Waals surface area contributed by atoms with Crippen LogP contribution < -0.4 is 10.1 Å². The van der Waals surface area contributed by atoms with E-state index in [-0.39, 0.29) is 30.3 Å². The van der Waals surface area contributed by atoms with E-state index in [1.165, 1.54) is 37.6 Å². The Morgan fingerprint density at radius 2 is 1.63 bits per heavy atom. The van der Waals surface area contributed by atoms with E-state index < -0.39 is 40.3 Å². The summed E-state index contributed by atoms with van der Waals surface area (Å²) in [7, 11) is -1.31. The Morgan fingerprint density at radius 1 is 1.00 bits per heavy atom. The molecule has 2 aromatic carbocycles. The number of alkyl carbamates (subject to hydrolysis) is 1. The Balaban J connectivity index is 2.32. The molecule has 0 radical (unpaired) electrons. The number of aliphatic hydroxyl groups excluding tert-OH is 1. The van der Waals surface area contributed by atoms with E-state index in [0.717, 1.165) is 12.0 Å². The molecule has 10 nitrogen and oxygen atoms in total. The van der Waals surface area contributed by atoms with Gasteiger partial charge in [-0.2, -0.15) is 4.31 Å². The van der Waals surface area contributed by atoms with E-state index in [1.54, 1.807) is 12.1 Å². The first-order chi connectivity index (χ1) is 18.0. The second kappa shape index (κ2) is 14.7. The first-order valence-electron chi connectivity index (χ1n) is 12.4. The van der Waals surface area contributed by atoms with Crippen molar-refractivity contribution in [2.75, 3.05) is 27.3 Å². The monoisotopic (exact) mass is 550 g/mol. The van der Waals surface area contributed by atoms with Crippen molar-refractivity contribution >= 4 is 22.1 Å². The van der Waals surface area contributed by atoms with Gasteiger partial charge in [0.05, 0.1) is 31.3 Å². The maximum atomic E-state index is 13.6. The summed E-state index contributed by atoms with van der Waals surface area (Å²) >= 11 is 0. The lowest BCUT2D eigenvalue weighted by molar-refractivity contribution is -0.149. The average Bonchev–Trinajstić information content (AvgIpc) is 2.92. The summed E-state index contributed by atoms with van der Waals surface area (Å²) in [6, 6.07) is 14.2. The molecule has 0 spiro atoms. The molecule has 0 aliphatic rings. The van der Waals surface area contributed by atoms with Crippen LogP contribution in [0.1, 0.15) is 32.8 Å². The number of benzene rings is 2. The molecule has 0 saturated carbocycles. The Hall–Kier alpha value is -3.15. The van der Waals surface area contributed by atoms with Crippen LogP contribution in [0.25, 0.3) is 0 Å². The van der Waals surface area contributed by atoms with Gasteiger partial charge in [-0.3, -0.25) is 0 Å². The fourth-order valence-corrected chi connectivity index (χ4v) is 5.27. The maximum Gasteiger partial charge on any atom is 0.408 e.